The van der Waals surface area contributed by atoms with Crippen LogP contribution >= 0.6 is 11.6 Å². The molecule has 2 amide bonds. The second-order valence-corrected chi connectivity index (χ2v) is 6.70. The van der Waals surface area contributed by atoms with Gasteiger partial charge in [-0.1, -0.05) is 41.9 Å². The Kier molecular flexibility index (Phi) is 5.76. The third-order valence-electron chi connectivity index (χ3n) is 4.49. The molecule has 0 saturated carbocycles. The van der Waals surface area contributed by atoms with Gasteiger partial charge in [-0.2, -0.15) is 0 Å². The lowest BCUT2D eigenvalue weighted by molar-refractivity contribution is -0.128. The van der Waals surface area contributed by atoms with E-state index < -0.39 is 11.9 Å². The number of benzene rings is 2. The molecule has 6 nitrogen and oxygen atoms in total. The van der Waals surface area contributed by atoms with Gasteiger partial charge in [0, 0.05) is 24.5 Å². The molecule has 1 saturated heterocycles. The van der Waals surface area contributed by atoms with Crippen molar-refractivity contribution < 1.29 is 19.1 Å². The third kappa shape index (κ3) is 4.28. The number of carbonyl (C=O) groups is 3. The molecular formula is C20H19ClN2O4. The van der Waals surface area contributed by atoms with Gasteiger partial charge in [0.2, 0.25) is 11.8 Å². The van der Waals surface area contributed by atoms with Crippen LogP contribution in [0.3, 0.4) is 0 Å². The second-order valence-electron chi connectivity index (χ2n) is 6.29. The van der Waals surface area contributed by atoms with Crippen LogP contribution < -0.4 is 5.32 Å². The van der Waals surface area contributed by atoms with E-state index in [2.05, 4.69) is 5.32 Å². The number of carbonyl (C=O) groups excluding carboxylic acids is 3. The van der Waals surface area contributed by atoms with Crippen molar-refractivity contribution in [1.82, 2.24) is 4.90 Å². The minimum atomic E-state index is -0.534. The average molecular weight is 387 g/mol. The van der Waals surface area contributed by atoms with E-state index in [9.17, 15) is 14.4 Å². The topological polar surface area (TPSA) is 75.7 Å². The maximum Gasteiger partial charge on any atom is 0.339 e. The standard InChI is InChI=1S/C20H19ClN2O4/c1-27-20(26)15-7-3-5-9-17(15)22-19(25)14-10-18(24)23(12-14)11-13-6-2-4-8-16(13)21/h2-9,14H,10-12H2,1H3,(H,22,25). The number of amides is 2. The molecule has 0 aliphatic carbocycles. The molecule has 2 aromatic rings. The molecule has 3 rings (SSSR count). The summed E-state index contributed by atoms with van der Waals surface area (Å²) in [5.41, 5.74) is 1.47. The van der Waals surface area contributed by atoms with Crippen molar-refractivity contribution in [3.05, 3.63) is 64.7 Å². The fourth-order valence-electron chi connectivity index (χ4n) is 3.05. The number of nitrogens with one attached hydrogen (secondary N) is 1. The van der Waals surface area contributed by atoms with E-state index in [1.54, 1.807) is 35.2 Å². The van der Waals surface area contributed by atoms with E-state index >= 15 is 0 Å². The number of para-hydroxylation sites is 1. The number of methoxy groups -OCH3 is 1. The summed E-state index contributed by atoms with van der Waals surface area (Å²) in [6.45, 7) is 0.664. The summed E-state index contributed by atoms with van der Waals surface area (Å²) in [6.07, 6.45) is 0.122. The number of halogens is 1. The summed E-state index contributed by atoms with van der Waals surface area (Å²) in [7, 11) is 1.28. The van der Waals surface area contributed by atoms with E-state index in [-0.39, 0.29) is 23.8 Å². The highest BCUT2D eigenvalue weighted by Crippen LogP contribution is 2.25. The Morgan fingerprint density at radius 3 is 2.63 bits per heavy atom. The zero-order valence-corrected chi connectivity index (χ0v) is 15.5. The molecule has 1 heterocycles. The summed E-state index contributed by atoms with van der Waals surface area (Å²) in [4.78, 5) is 38.4. The lowest BCUT2D eigenvalue weighted by atomic mass is 10.1. The summed E-state index contributed by atoms with van der Waals surface area (Å²) in [5, 5.41) is 3.33. The smallest absolute Gasteiger partial charge is 0.339 e. The molecule has 0 radical (unpaired) electrons. The summed E-state index contributed by atoms with van der Waals surface area (Å²) in [5.74, 6) is -1.43. The predicted molar refractivity (Wildman–Crippen MR) is 101 cm³/mol. The van der Waals surface area contributed by atoms with Crippen LogP contribution in [0, 0.1) is 5.92 Å². The van der Waals surface area contributed by atoms with Crippen LogP contribution in [-0.2, 0) is 20.9 Å². The van der Waals surface area contributed by atoms with Crippen LogP contribution in [0.25, 0.3) is 0 Å². The van der Waals surface area contributed by atoms with E-state index in [0.29, 0.717) is 23.8 Å². The zero-order valence-electron chi connectivity index (χ0n) is 14.8. The van der Waals surface area contributed by atoms with Crippen molar-refractivity contribution in [2.75, 3.05) is 19.0 Å². The lowest BCUT2D eigenvalue weighted by Crippen LogP contribution is -2.28. The molecule has 1 N–H and O–H groups in total. The van der Waals surface area contributed by atoms with Crippen LogP contribution in [0.5, 0.6) is 0 Å². The van der Waals surface area contributed by atoms with Crippen molar-refractivity contribution >= 4 is 35.1 Å². The van der Waals surface area contributed by atoms with Crippen molar-refractivity contribution in [3.8, 4) is 0 Å². The van der Waals surface area contributed by atoms with Gasteiger partial charge < -0.3 is 15.0 Å². The van der Waals surface area contributed by atoms with Gasteiger partial charge in [0.1, 0.15) is 0 Å². The normalized spacial score (nSPS) is 16.3. The van der Waals surface area contributed by atoms with Crippen LogP contribution in [0.2, 0.25) is 5.02 Å². The molecule has 0 bridgehead atoms. The minimum Gasteiger partial charge on any atom is -0.465 e. The number of rotatable bonds is 5. The van der Waals surface area contributed by atoms with Gasteiger partial charge in [-0.15, -0.1) is 0 Å². The highest BCUT2D eigenvalue weighted by Gasteiger charge is 2.34. The first-order valence-electron chi connectivity index (χ1n) is 8.49. The lowest BCUT2D eigenvalue weighted by Gasteiger charge is -2.17. The van der Waals surface area contributed by atoms with Crippen LogP contribution in [0.1, 0.15) is 22.3 Å². The fraction of sp³-hybridized carbons (Fsp3) is 0.250. The molecule has 0 aromatic heterocycles. The molecule has 7 heteroatoms. The van der Waals surface area contributed by atoms with Gasteiger partial charge in [0.25, 0.3) is 0 Å². The second kappa shape index (κ2) is 8.22. The molecular weight excluding hydrogens is 368 g/mol. The first kappa shape index (κ1) is 18.9. The van der Waals surface area contributed by atoms with Crippen molar-refractivity contribution in [2.24, 2.45) is 5.92 Å². The highest BCUT2D eigenvalue weighted by molar-refractivity contribution is 6.31. The maximum atomic E-state index is 12.6. The average Bonchev–Trinajstić information content (AvgIpc) is 3.04. The first-order chi connectivity index (χ1) is 13.0. The van der Waals surface area contributed by atoms with Crippen LogP contribution in [0.15, 0.2) is 48.5 Å². The van der Waals surface area contributed by atoms with E-state index in [4.69, 9.17) is 16.3 Å². The van der Waals surface area contributed by atoms with Gasteiger partial charge in [0.15, 0.2) is 0 Å². The van der Waals surface area contributed by atoms with Gasteiger partial charge in [-0.3, -0.25) is 9.59 Å². The van der Waals surface area contributed by atoms with Gasteiger partial charge in [0.05, 0.1) is 24.3 Å². The Morgan fingerprint density at radius 2 is 1.89 bits per heavy atom. The van der Waals surface area contributed by atoms with Gasteiger partial charge >= 0.3 is 5.97 Å². The molecule has 1 atom stereocenters. The molecule has 2 aromatic carbocycles. The Bertz CT molecular complexity index is 884. The van der Waals surface area contributed by atoms with Crippen LogP contribution in [-0.4, -0.2) is 36.3 Å². The molecule has 0 spiro atoms. The van der Waals surface area contributed by atoms with Gasteiger partial charge in [-0.25, -0.2) is 4.79 Å². The SMILES string of the molecule is COC(=O)c1ccccc1NC(=O)C1CC(=O)N(Cc2ccccc2Cl)C1. The Morgan fingerprint density at radius 1 is 1.19 bits per heavy atom. The number of anilines is 1. The number of ether oxygens (including phenoxy) is 1. The molecule has 27 heavy (non-hydrogen) atoms. The predicted octanol–water partition coefficient (Wildman–Crippen LogP) is 3.11. The number of likely N-dealkylation sites (tertiary alicyclic amines) is 1. The molecule has 1 fully saturated rings. The summed E-state index contributed by atoms with van der Waals surface area (Å²) in [6, 6.07) is 13.9. The van der Waals surface area contributed by atoms with E-state index in [1.165, 1.54) is 7.11 Å². The van der Waals surface area contributed by atoms with Crippen molar-refractivity contribution in [1.29, 1.82) is 0 Å². The Hall–Kier alpha value is -2.86. The molecule has 1 aliphatic heterocycles. The monoisotopic (exact) mass is 386 g/mol. The number of hydrogen-bond donors (Lipinski definition) is 1. The Balaban J connectivity index is 1.68. The van der Waals surface area contributed by atoms with Crippen molar-refractivity contribution in [2.45, 2.75) is 13.0 Å². The number of hydrogen-bond acceptors (Lipinski definition) is 4. The van der Waals surface area contributed by atoms with Gasteiger partial charge in [-0.05, 0) is 23.8 Å². The fourth-order valence-corrected chi connectivity index (χ4v) is 3.24. The number of nitrogens with zero attached hydrogens (tertiary/aromatic N) is 1. The first-order valence-corrected chi connectivity index (χ1v) is 8.86. The zero-order chi connectivity index (χ0) is 19.4. The molecule has 1 aliphatic rings. The maximum absolute atomic E-state index is 12.6. The third-order valence-corrected chi connectivity index (χ3v) is 4.86. The van der Waals surface area contributed by atoms with E-state index in [1.807, 2.05) is 18.2 Å². The highest BCUT2D eigenvalue weighted by atomic mass is 35.5. The largest absolute Gasteiger partial charge is 0.465 e. The molecule has 140 valence electrons. The molecule has 1 unspecified atom stereocenters. The Labute approximate surface area is 162 Å². The van der Waals surface area contributed by atoms with Crippen molar-refractivity contribution in [3.63, 3.8) is 0 Å². The van der Waals surface area contributed by atoms with E-state index in [0.717, 1.165) is 5.56 Å². The summed E-state index contributed by atoms with van der Waals surface area (Å²) >= 11 is 6.16. The quantitative estimate of drug-likeness (QED) is 0.801. The van der Waals surface area contributed by atoms with Crippen LogP contribution in [0.4, 0.5) is 5.69 Å². The summed E-state index contributed by atoms with van der Waals surface area (Å²) < 4.78 is 4.73. The number of esters is 1. The minimum absolute atomic E-state index is 0.101.